The molecule has 1 heterocycles. The minimum Gasteiger partial charge on any atom is -0.496 e. The highest BCUT2D eigenvalue weighted by Crippen LogP contribution is 2.28. The van der Waals surface area contributed by atoms with Gasteiger partial charge in [0.15, 0.2) is 0 Å². The summed E-state index contributed by atoms with van der Waals surface area (Å²) in [4.78, 5) is 27.7. The van der Waals surface area contributed by atoms with E-state index in [1.165, 1.54) is 12.4 Å². The Morgan fingerprint density at radius 3 is 2.54 bits per heavy atom. The highest BCUT2D eigenvalue weighted by atomic mass is 16.6. The number of amides is 2. The number of anilines is 1. The number of hydrogen-bond acceptors (Lipinski definition) is 6. The Labute approximate surface area is 164 Å². The SMILES string of the molecule is COc1cc(Oc2cncc(NC(=O)CNC(=O)OC(C)(C)C)c2)ccc1C. The Kier molecular flexibility index (Phi) is 6.81. The number of nitrogens with zero attached hydrogens (tertiary/aromatic N) is 1. The summed E-state index contributed by atoms with van der Waals surface area (Å²) in [5.41, 5.74) is 0.800. The molecule has 0 spiro atoms. The van der Waals surface area contributed by atoms with E-state index >= 15 is 0 Å². The smallest absolute Gasteiger partial charge is 0.408 e. The van der Waals surface area contributed by atoms with Gasteiger partial charge in [-0.1, -0.05) is 6.07 Å². The number of carbonyl (C=O) groups is 2. The van der Waals surface area contributed by atoms with Crippen molar-refractivity contribution in [3.8, 4) is 17.2 Å². The molecule has 8 nitrogen and oxygen atoms in total. The minimum absolute atomic E-state index is 0.227. The van der Waals surface area contributed by atoms with Crippen LogP contribution in [0.15, 0.2) is 36.7 Å². The maximum atomic E-state index is 12.0. The maximum absolute atomic E-state index is 12.0. The number of pyridine rings is 1. The molecule has 0 saturated heterocycles. The van der Waals surface area contributed by atoms with Crippen LogP contribution < -0.4 is 20.1 Å². The maximum Gasteiger partial charge on any atom is 0.408 e. The largest absolute Gasteiger partial charge is 0.496 e. The number of hydrogen-bond donors (Lipinski definition) is 2. The van der Waals surface area contributed by atoms with Crippen LogP contribution >= 0.6 is 0 Å². The van der Waals surface area contributed by atoms with Gasteiger partial charge in [-0.05, 0) is 39.3 Å². The molecule has 8 heteroatoms. The average Bonchev–Trinajstić information content (AvgIpc) is 2.60. The number of rotatable bonds is 6. The minimum atomic E-state index is -0.661. The summed E-state index contributed by atoms with van der Waals surface area (Å²) >= 11 is 0. The highest BCUT2D eigenvalue weighted by Gasteiger charge is 2.16. The molecule has 0 fully saturated rings. The van der Waals surface area contributed by atoms with E-state index in [2.05, 4.69) is 15.6 Å². The second-order valence-electron chi connectivity index (χ2n) is 7.05. The fourth-order valence-electron chi connectivity index (χ4n) is 2.21. The first-order valence-electron chi connectivity index (χ1n) is 8.70. The second kappa shape index (κ2) is 9.07. The molecule has 0 atom stereocenters. The molecule has 0 bridgehead atoms. The van der Waals surface area contributed by atoms with Gasteiger partial charge in [-0.2, -0.15) is 0 Å². The van der Waals surface area contributed by atoms with Crippen molar-refractivity contribution in [2.75, 3.05) is 19.0 Å². The number of aromatic nitrogens is 1. The molecule has 0 aliphatic carbocycles. The summed E-state index contributed by atoms with van der Waals surface area (Å²) in [6.45, 7) is 6.94. The number of alkyl carbamates (subject to hydrolysis) is 1. The van der Waals surface area contributed by atoms with Crippen molar-refractivity contribution in [3.05, 3.63) is 42.2 Å². The van der Waals surface area contributed by atoms with Crippen molar-refractivity contribution in [2.24, 2.45) is 0 Å². The van der Waals surface area contributed by atoms with E-state index in [1.54, 1.807) is 40.0 Å². The lowest BCUT2D eigenvalue weighted by Gasteiger charge is -2.19. The topological polar surface area (TPSA) is 98.8 Å². The molecule has 1 aromatic heterocycles. The third-order valence-corrected chi connectivity index (χ3v) is 3.40. The van der Waals surface area contributed by atoms with E-state index in [9.17, 15) is 9.59 Å². The zero-order chi connectivity index (χ0) is 20.7. The van der Waals surface area contributed by atoms with Crippen LogP contribution in [0.4, 0.5) is 10.5 Å². The van der Waals surface area contributed by atoms with Crippen molar-refractivity contribution in [3.63, 3.8) is 0 Å². The van der Waals surface area contributed by atoms with Gasteiger partial charge in [-0.25, -0.2) is 4.79 Å². The number of methoxy groups -OCH3 is 1. The Bertz CT molecular complexity index is 846. The van der Waals surface area contributed by atoms with Crippen LogP contribution in [0.3, 0.4) is 0 Å². The quantitative estimate of drug-likeness (QED) is 0.785. The summed E-state index contributed by atoms with van der Waals surface area (Å²) in [7, 11) is 1.59. The van der Waals surface area contributed by atoms with E-state index < -0.39 is 17.6 Å². The van der Waals surface area contributed by atoms with Gasteiger partial charge in [0.2, 0.25) is 5.91 Å². The third-order valence-electron chi connectivity index (χ3n) is 3.40. The van der Waals surface area contributed by atoms with Crippen molar-refractivity contribution >= 4 is 17.7 Å². The van der Waals surface area contributed by atoms with Gasteiger partial charge in [0.25, 0.3) is 0 Å². The van der Waals surface area contributed by atoms with Crippen LogP contribution in [-0.2, 0) is 9.53 Å². The normalized spacial score (nSPS) is 10.8. The zero-order valence-corrected chi connectivity index (χ0v) is 16.7. The Balaban J connectivity index is 1.94. The van der Waals surface area contributed by atoms with Crippen molar-refractivity contribution in [1.82, 2.24) is 10.3 Å². The predicted octanol–water partition coefficient (Wildman–Crippen LogP) is 3.65. The molecule has 0 aliphatic heterocycles. The number of ether oxygens (including phenoxy) is 3. The van der Waals surface area contributed by atoms with Gasteiger partial charge in [0.1, 0.15) is 29.4 Å². The molecule has 1 aromatic carbocycles. The van der Waals surface area contributed by atoms with Crippen molar-refractivity contribution in [2.45, 2.75) is 33.3 Å². The van der Waals surface area contributed by atoms with Crippen molar-refractivity contribution < 1.29 is 23.8 Å². The molecule has 0 saturated carbocycles. The molecular formula is C20H25N3O5. The number of benzene rings is 1. The second-order valence-corrected chi connectivity index (χ2v) is 7.05. The summed E-state index contributed by atoms with van der Waals surface area (Å²) in [6.07, 6.45) is 2.35. The molecule has 2 rings (SSSR count). The van der Waals surface area contributed by atoms with Gasteiger partial charge >= 0.3 is 6.09 Å². The molecule has 28 heavy (non-hydrogen) atoms. The number of carbonyl (C=O) groups excluding carboxylic acids is 2. The molecule has 2 N–H and O–H groups in total. The van der Waals surface area contributed by atoms with Gasteiger partial charge < -0.3 is 24.8 Å². The molecule has 0 aliphatic rings. The highest BCUT2D eigenvalue weighted by molar-refractivity contribution is 5.93. The predicted molar refractivity (Wildman–Crippen MR) is 105 cm³/mol. The molecular weight excluding hydrogens is 362 g/mol. The van der Waals surface area contributed by atoms with Crippen LogP contribution in [0.2, 0.25) is 0 Å². The van der Waals surface area contributed by atoms with E-state index in [-0.39, 0.29) is 6.54 Å². The van der Waals surface area contributed by atoms with E-state index in [0.29, 0.717) is 22.9 Å². The Morgan fingerprint density at radius 1 is 1.11 bits per heavy atom. The first-order chi connectivity index (χ1) is 13.2. The van der Waals surface area contributed by atoms with E-state index in [0.717, 1.165) is 5.56 Å². The summed E-state index contributed by atoms with van der Waals surface area (Å²) in [5.74, 6) is 1.33. The van der Waals surface area contributed by atoms with Gasteiger partial charge in [0.05, 0.1) is 25.2 Å². The van der Waals surface area contributed by atoms with Crippen LogP contribution in [0.25, 0.3) is 0 Å². The lowest BCUT2D eigenvalue weighted by atomic mass is 10.2. The van der Waals surface area contributed by atoms with Crippen molar-refractivity contribution in [1.29, 1.82) is 0 Å². The van der Waals surface area contributed by atoms with E-state index in [4.69, 9.17) is 14.2 Å². The Morgan fingerprint density at radius 2 is 1.86 bits per heavy atom. The van der Waals surface area contributed by atoms with Crippen LogP contribution in [0.5, 0.6) is 17.2 Å². The summed E-state index contributed by atoms with van der Waals surface area (Å²) in [5, 5.41) is 5.03. The lowest BCUT2D eigenvalue weighted by molar-refractivity contribution is -0.115. The van der Waals surface area contributed by atoms with Crippen LogP contribution in [-0.4, -0.2) is 36.2 Å². The molecule has 0 radical (unpaired) electrons. The van der Waals surface area contributed by atoms with Crippen LogP contribution in [0, 0.1) is 6.92 Å². The number of aryl methyl sites for hydroxylation is 1. The molecule has 150 valence electrons. The van der Waals surface area contributed by atoms with Crippen LogP contribution in [0.1, 0.15) is 26.3 Å². The molecule has 2 amide bonds. The average molecular weight is 387 g/mol. The lowest BCUT2D eigenvalue weighted by Crippen LogP contribution is -2.37. The zero-order valence-electron chi connectivity index (χ0n) is 16.7. The number of nitrogens with one attached hydrogen (secondary N) is 2. The Hall–Kier alpha value is -3.29. The third kappa shape index (κ3) is 6.79. The molecule has 0 unspecified atom stereocenters. The van der Waals surface area contributed by atoms with Gasteiger partial charge in [-0.3, -0.25) is 9.78 Å². The first-order valence-corrected chi connectivity index (χ1v) is 8.70. The standard InChI is InChI=1S/C20H25N3O5/c1-13-6-7-15(9-17(13)26-5)27-16-8-14(10-21-11-16)23-18(24)12-22-19(25)28-20(2,3)4/h6-11H,12H2,1-5H3,(H,22,25)(H,23,24). The summed E-state index contributed by atoms with van der Waals surface area (Å²) < 4.78 is 16.1. The fourth-order valence-corrected chi connectivity index (χ4v) is 2.21. The monoisotopic (exact) mass is 387 g/mol. The van der Waals surface area contributed by atoms with E-state index in [1.807, 2.05) is 19.1 Å². The fraction of sp³-hybridized carbons (Fsp3) is 0.350. The van der Waals surface area contributed by atoms with Gasteiger partial charge in [-0.15, -0.1) is 0 Å². The first kappa shape index (κ1) is 21.0. The van der Waals surface area contributed by atoms with Gasteiger partial charge in [0, 0.05) is 12.1 Å². The summed E-state index contributed by atoms with van der Waals surface area (Å²) in [6, 6.07) is 7.10. The molecule has 2 aromatic rings.